The number of rotatable bonds is 7. The SMILES string of the molecule is COCCSCC1(CC(=O)OC)CC1. The molecule has 0 amide bonds. The zero-order valence-corrected chi connectivity index (χ0v) is 9.69. The number of ether oxygens (including phenoxy) is 2. The van der Waals surface area contributed by atoms with Crippen molar-refractivity contribution >= 4 is 17.7 Å². The maximum Gasteiger partial charge on any atom is 0.306 e. The Morgan fingerprint density at radius 2 is 2.14 bits per heavy atom. The van der Waals surface area contributed by atoms with Gasteiger partial charge in [-0.15, -0.1) is 0 Å². The fraction of sp³-hybridized carbons (Fsp3) is 0.900. The van der Waals surface area contributed by atoms with Crippen LogP contribution in [0.3, 0.4) is 0 Å². The van der Waals surface area contributed by atoms with Crippen LogP contribution in [0, 0.1) is 5.41 Å². The molecule has 0 aromatic rings. The van der Waals surface area contributed by atoms with Gasteiger partial charge in [-0.2, -0.15) is 11.8 Å². The highest BCUT2D eigenvalue weighted by molar-refractivity contribution is 7.99. The van der Waals surface area contributed by atoms with Gasteiger partial charge in [0.25, 0.3) is 0 Å². The molecule has 1 fully saturated rings. The third-order valence-corrected chi connectivity index (χ3v) is 3.82. The lowest BCUT2D eigenvalue weighted by Gasteiger charge is -2.12. The largest absolute Gasteiger partial charge is 0.469 e. The normalized spacial score (nSPS) is 17.9. The van der Waals surface area contributed by atoms with E-state index in [2.05, 4.69) is 4.74 Å². The van der Waals surface area contributed by atoms with Crippen LogP contribution in [0.4, 0.5) is 0 Å². The highest BCUT2D eigenvalue weighted by Crippen LogP contribution is 2.51. The molecule has 0 bridgehead atoms. The second-order valence-corrected chi connectivity index (χ2v) is 4.90. The van der Waals surface area contributed by atoms with E-state index in [-0.39, 0.29) is 11.4 Å². The molecule has 4 heteroatoms. The minimum absolute atomic E-state index is 0.0742. The highest BCUT2D eigenvalue weighted by Gasteiger charge is 2.44. The molecule has 0 aromatic heterocycles. The first kappa shape index (κ1) is 11.9. The number of carbonyl (C=O) groups is 1. The van der Waals surface area contributed by atoms with Crippen molar-refractivity contribution in [2.45, 2.75) is 19.3 Å². The topological polar surface area (TPSA) is 35.5 Å². The van der Waals surface area contributed by atoms with E-state index in [1.165, 1.54) is 20.0 Å². The lowest BCUT2D eigenvalue weighted by atomic mass is 10.1. The van der Waals surface area contributed by atoms with E-state index in [1.807, 2.05) is 11.8 Å². The standard InChI is InChI=1S/C10H18O3S/c1-12-5-6-14-8-10(3-4-10)7-9(11)13-2/h3-8H2,1-2H3. The number of carbonyl (C=O) groups excluding carboxylic acids is 1. The van der Waals surface area contributed by atoms with Crippen LogP contribution >= 0.6 is 11.8 Å². The van der Waals surface area contributed by atoms with Gasteiger partial charge in [0.05, 0.1) is 20.1 Å². The minimum Gasteiger partial charge on any atom is -0.469 e. The Hall–Kier alpha value is -0.220. The number of methoxy groups -OCH3 is 2. The molecule has 0 aliphatic heterocycles. The van der Waals surface area contributed by atoms with Gasteiger partial charge in [-0.1, -0.05) is 0 Å². The van der Waals surface area contributed by atoms with Crippen molar-refractivity contribution < 1.29 is 14.3 Å². The Balaban J connectivity index is 2.12. The summed E-state index contributed by atoms with van der Waals surface area (Å²) in [5.74, 6) is 2.00. The number of thioether (sulfide) groups is 1. The molecule has 1 aliphatic rings. The molecule has 1 aliphatic carbocycles. The van der Waals surface area contributed by atoms with Gasteiger partial charge in [0, 0.05) is 12.9 Å². The van der Waals surface area contributed by atoms with Crippen molar-refractivity contribution in [2.24, 2.45) is 5.41 Å². The molecule has 0 radical (unpaired) electrons. The average molecular weight is 218 g/mol. The van der Waals surface area contributed by atoms with Crippen molar-refractivity contribution in [2.75, 3.05) is 32.3 Å². The van der Waals surface area contributed by atoms with Crippen LogP contribution < -0.4 is 0 Å². The van der Waals surface area contributed by atoms with Gasteiger partial charge >= 0.3 is 5.97 Å². The van der Waals surface area contributed by atoms with Crippen molar-refractivity contribution in [3.8, 4) is 0 Å². The quantitative estimate of drug-likeness (QED) is 0.481. The lowest BCUT2D eigenvalue weighted by molar-refractivity contribution is -0.141. The summed E-state index contributed by atoms with van der Waals surface area (Å²) in [7, 11) is 3.17. The van der Waals surface area contributed by atoms with Gasteiger partial charge in [-0.3, -0.25) is 4.79 Å². The number of hydrogen-bond acceptors (Lipinski definition) is 4. The summed E-state index contributed by atoms with van der Waals surface area (Å²) in [5, 5.41) is 0. The van der Waals surface area contributed by atoms with Crippen molar-refractivity contribution in [1.82, 2.24) is 0 Å². The van der Waals surface area contributed by atoms with Crippen LogP contribution in [0.15, 0.2) is 0 Å². The predicted molar refractivity (Wildman–Crippen MR) is 57.5 cm³/mol. The van der Waals surface area contributed by atoms with Crippen LogP contribution in [-0.4, -0.2) is 38.3 Å². The van der Waals surface area contributed by atoms with Crippen molar-refractivity contribution in [3.63, 3.8) is 0 Å². The smallest absolute Gasteiger partial charge is 0.306 e. The molecule has 0 aromatic carbocycles. The minimum atomic E-state index is -0.0742. The average Bonchev–Trinajstić information content (AvgIpc) is 2.93. The molecule has 14 heavy (non-hydrogen) atoms. The second-order valence-electron chi connectivity index (χ2n) is 3.80. The van der Waals surface area contributed by atoms with Gasteiger partial charge in [-0.25, -0.2) is 0 Å². The zero-order chi connectivity index (χ0) is 10.4. The van der Waals surface area contributed by atoms with E-state index in [9.17, 15) is 4.79 Å². The lowest BCUT2D eigenvalue weighted by Crippen LogP contribution is -2.13. The Morgan fingerprint density at radius 3 is 2.64 bits per heavy atom. The number of hydrogen-bond donors (Lipinski definition) is 0. The van der Waals surface area contributed by atoms with Gasteiger partial charge < -0.3 is 9.47 Å². The molecule has 0 saturated heterocycles. The summed E-state index contributed by atoms with van der Waals surface area (Å²) in [4.78, 5) is 11.1. The van der Waals surface area contributed by atoms with Gasteiger partial charge in [0.15, 0.2) is 0 Å². The molecule has 82 valence electrons. The van der Waals surface area contributed by atoms with Crippen LogP contribution in [0.5, 0.6) is 0 Å². The van der Waals surface area contributed by atoms with E-state index in [0.29, 0.717) is 6.42 Å². The second kappa shape index (κ2) is 5.61. The molecule has 0 spiro atoms. The summed E-state index contributed by atoms with van der Waals surface area (Å²) in [6.07, 6.45) is 2.92. The Morgan fingerprint density at radius 1 is 1.43 bits per heavy atom. The summed E-state index contributed by atoms with van der Waals surface area (Å²) >= 11 is 1.87. The van der Waals surface area contributed by atoms with E-state index in [1.54, 1.807) is 7.11 Å². The van der Waals surface area contributed by atoms with E-state index < -0.39 is 0 Å². The first-order valence-corrected chi connectivity index (χ1v) is 6.01. The van der Waals surface area contributed by atoms with Crippen LogP contribution in [0.1, 0.15) is 19.3 Å². The third-order valence-electron chi connectivity index (χ3n) is 2.54. The molecule has 0 N–H and O–H groups in total. The third kappa shape index (κ3) is 3.88. The fourth-order valence-electron chi connectivity index (χ4n) is 1.36. The van der Waals surface area contributed by atoms with Gasteiger partial charge in [-0.05, 0) is 24.0 Å². The van der Waals surface area contributed by atoms with E-state index in [0.717, 1.165) is 18.1 Å². The summed E-state index contributed by atoms with van der Waals surface area (Å²) in [6, 6.07) is 0. The maximum absolute atomic E-state index is 11.1. The molecule has 0 atom stereocenters. The Kier molecular flexibility index (Phi) is 4.75. The maximum atomic E-state index is 11.1. The van der Waals surface area contributed by atoms with Gasteiger partial charge in [0.2, 0.25) is 0 Å². The van der Waals surface area contributed by atoms with E-state index >= 15 is 0 Å². The summed E-state index contributed by atoms with van der Waals surface area (Å²) in [5.41, 5.74) is 0.255. The summed E-state index contributed by atoms with van der Waals surface area (Å²) < 4.78 is 9.65. The molecule has 0 unspecified atom stereocenters. The van der Waals surface area contributed by atoms with E-state index in [4.69, 9.17) is 4.74 Å². The monoisotopic (exact) mass is 218 g/mol. The van der Waals surface area contributed by atoms with Crippen LogP contribution in [0.25, 0.3) is 0 Å². The Bertz CT molecular complexity index is 190. The molecule has 1 saturated carbocycles. The fourth-order valence-corrected chi connectivity index (χ4v) is 2.61. The summed E-state index contributed by atoms with van der Waals surface area (Å²) in [6.45, 7) is 0.791. The molecular weight excluding hydrogens is 200 g/mol. The molecule has 0 heterocycles. The zero-order valence-electron chi connectivity index (χ0n) is 8.88. The molecule has 3 nitrogen and oxygen atoms in total. The van der Waals surface area contributed by atoms with Crippen molar-refractivity contribution in [1.29, 1.82) is 0 Å². The van der Waals surface area contributed by atoms with Gasteiger partial charge in [0.1, 0.15) is 0 Å². The van der Waals surface area contributed by atoms with Crippen LogP contribution in [-0.2, 0) is 14.3 Å². The predicted octanol–water partition coefficient (Wildman–Crippen LogP) is 1.71. The van der Waals surface area contributed by atoms with Crippen LogP contribution in [0.2, 0.25) is 0 Å². The number of esters is 1. The molecule has 1 rings (SSSR count). The molecular formula is C10H18O3S. The highest BCUT2D eigenvalue weighted by atomic mass is 32.2. The first-order valence-electron chi connectivity index (χ1n) is 4.86. The first-order chi connectivity index (χ1) is 6.72. The Labute approximate surface area is 89.5 Å². The van der Waals surface area contributed by atoms with Crippen molar-refractivity contribution in [3.05, 3.63) is 0 Å².